The van der Waals surface area contributed by atoms with Crippen LogP contribution in [0, 0.1) is 0 Å². The summed E-state index contributed by atoms with van der Waals surface area (Å²) in [5.41, 5.74) is 2.88. The maximum atomic E-state index is 13.2. The Labute approximate surface area is 160 Å². The van der Waals surface area contributed by atoms with Gasteiger partial charge in [-0.25, -0.2) is 8.42 Å². The standard InChI is InChI=1S/C22H21NO3S/c1-27(25,26)17-19-11-8-12-20(15-19)22(24)23(21-13-6-3-7-14-21)16-18-9-4-2-5-10-18/h2-15H,16-17H2,1H3. The highest BCUT2D eigenvalue weighted by Crippen LogP contribution is 2.21. The molecule has 0 radical (unpaired) electrons. The van der Waals surface area contributed by atoms with Crippen molar-refractivity contribution in [2.75, 3.05) is 11.2 Å². The number of anilines is 1. The second-order valence-corrected chi connectivity index (χ2v) is 8.62. The van der Waals surface area contributed by atoms with Crippen molar-refractivity contribution < 1.29 is 13.2 Å². The van der Waals surface area contributed by atoms with E-state index < -0.39 is 9.84 Å². The summed E-state index contributed by atoms with van der Waals surface area (Å²) in [6.45, 7) is 0.431. The molecular formula is C22H21NO3S. The molecular weight excluding hydrogens is 358 g/mol. The molecule has 138 valence electrons. The van der Waals surface area contributed by atoms with Crippen LogP contribution in [0.2, 0.25) is 0 Å². The predicted octanol–water partition coefficient (Wildman–Crippen LogP) is 4.08. The van der Waals surface area contributed by atoms with E-state index in [4.69, 9.17) is 0 Å². The van der Waals surface area contributed by atoms with Crippen LogP contribution in [-0.4, -0.2) is 20.6 Å². The largest absolute Gasteiger partial charge is 0.304 e. The van der Waals surface area contributed by atoms with Crippen molar-refractivity contribution in [1.82, 2.24) is 0 Å². The van der Waals surface area contributed by atoms with E-state index in [2.05, 4.69) is 0 Å². The highest BCUT2D eigenvalue weighted by Gasteiger charge is 2.19. The lowest BCUT2D eigenvalue weighted by Crippen LogP contribution is -2.30. The fraction of sp³-hybridized carbons (Fsp3) is 0.136. The van der Waals surface area contributed by atoms with Crippen molar-refractivity contribution >= 4 is 21.4 Å². The number of nitrogens with zero attached hydrogens (tertiary/aromatic N) is 1. The van der Waals surface area contributed by atoms with Crippen molar-refractivity contribution in [1.29, 1.82) is 0 Å². The Hall–Kier alpha value is -2.92. The summed E-state index contributed by atoms with van der Waals surface area (Å²) >= 11 is 0. The van der Waals surface area contributed by atoms with E-state index in [1.807, 2.05) is 60.7 Å². The second-order valence-electron chi connectivity index (χ2n) is 6.48. The third-order valence-electron chi connectivity index (χ3n) is 4.10. The van der Waals surface area contributed by atoms with Gasteiger partial charge in [0.25, 0.3) is 5.91 Å². The molecule has 0 fully saturated rings. The molecule has 27 heavy (non-hydrogen) atoms. The quantitative estimate of drug-likeness (QED) is 0.648. The zero-order valence-electron chi connectivity index (χ0n) is 15.1. The van der Waals surface area contributed by atoms with E-state index in [1.165, 1.54) is 6.26 Å². The van der Waals surface area contributed by atoms with Gasteiger partial charge in [0.2, 0.25) is 0 Å². The van der Waals surface area contributed by atoms with Crippen molar-refractivity contribution in [2.45, 2.75) is 12.3 Å². The summed E-state index contributed by atoms with van der Waals surface area (Å²) in [5, 5.41) is 0. The number of hydrogen-bond acceptors (Lipinski definition) is 3. The fourth-order valence-electron chi connectivity index (χ4n) is 2.91. The van der Waals surface area contributed by atoms with Crippen molar-refractivity contribution in [3.05, 3.63) is 102 Å². The normalized spacial score (nSPS) is 11.1. The van der Waals surface area contributed by atoms with Gasteiger partial charge in [-0.05, 0) is 35.4 Å². The van der Waals surface area contributed by atoms with Crippen LogP contribution in [0.1, 0.15) is 21.5 Å². The fourth-order valence-corrected chi connectivity index (χ4v) is 3.69. The minimum atomic E-state index is -3.17. The van der Waals surface area contributed by atoms with Crippen LogP contribution in [-0.2, 0) is 22.1 Å². The maximum Gasteiger partial charge on any atom is 0.258 e. The summed E-state index contributed by atoms with van der Waals surface area (Å²) in [5.74, 6) is -0.251. The van der Waals surface area contributed by atoms with Gasteiger partial charge >= 0.3 is 0 Å². The second kappa shape index (κ2) is 8.18. The lowest BCUT2D eigenvalue weighted by atomic mass is 10.1. The summed E-state index contributed by atoms with van der Waals surface area (Å²) in [6, 6.07) is 26.1. The number of para-hydroxylation sites is 1. The third kappa shape index (κ3) is 5.28. The molecule has 1 amide bonds. The average molecular weight is 379 g/mol. The Morgan fingerprint density at radius 3 is 2.04 bits per heavy atom. The van der Waals surface area contributed by atoms with Gasteiger partial charge in [-0.2, -0.15) is 0 Å². The molecule has 0 aliphatic rings. The molecule has 0 aromatic heterocycles. The summed E-state index contributed by atoms with van der Waals surface area (Å²) in [4.78, 5) is 14.9. The van der Waals surface area contributed by atoms with Gasteiger partial charge in [0.15, 0.2) is 9.84 Å². The van der Waals surface area contributed by atoms with Crippen molar-refractivity contribution in [3.63, 3.8) is 0 Å². The van der Waals surface area contributed by atoms with Crippen LogP contribution < -0.4 is 4.90 Å². The summed E-state index contributed by atoms with van der Waals surface area (Å²) in [6.07, 6.45) is 1.19. The average Bonchev–Trinajstić information content (AvgIpc) is 2.66. The van der Waals surface area contributed by atoms with Gasteiger partial charge in [0.1, 0.15) is 0 Å². The monoisotopic (exact) mass is 379 g/mol. The first-order valence-corrected chi connectivity index (χ1v) is 10.7. The lowest BCUT2D eigenvalue weighted by Gasteiger charge is -2.23. The van der Waals surface area contributed by atoms with E-state index in [9.17, 15) is 13.2 Å². The Morgan fingerprint density at radius 2 is 1.41 bits per heavy atom. The highest BCUT2D eigenvalue weighted by atomic mass is 32.2. The number of carbonyl (C=O) groups is 1. The molecule has 0 aliphatic carbocycles. The van der Waals surface area contributed by atoms with Gasteiger partial charge in [-0.1, -0.05) is 60.7 Å². The minimum Gasteiger partial charge on any atom is -0.304 e. The van der Waals surface area contributed by atoms with E-state index in [1.54, 1.807) is 29.2 Å². The van der Waals surface area contributed by atoms with Crippen LogP contribution in [0.25, 0.3) is 0 Å². The molecule has 3 rings (SSSR count). The first kappa shape index (κ1) is 18.9. The predicted molar refractivity (Wildman–Crippen MR) is 108 cm³/mol. The number of hydrogen-bond donors (Lipinski definition) is 0. The molecule has 0 atom stereocenters. The molecule has 3 aromatic rings. The number of rotatable bonds is 6. The Balaban J connectivity index is 1.95. The maximum absolute atomic E-state index is 13.2. The molecule has 0 spiro atoms. The molecule has 0 heterocycles. The SMILES string of the molecule is CS(=O)(=O)Cc1cccc(C(=O)N(Cc2ccccc2)c2ccccc2)c1. The molecule has 0 saturated heterocycles. The molecule has 0 N–H and O–H groups in total. The lowest BCUT2D eigenvalue weighted by molar-refractivity contribution is 0.0985. The van der Waals surface area contributed by atoms with Gasteiger partial charge in [0.05, 0.1) is 12.3 Å². The number of amides is 1. The van der Waals surface area contributed by atoms with Crippen LogP contribution in [0.15, 0.2) is 84.9 Å². The smallest absolute Gasteiger partial charge is 0.258 e. The Kier molecular flexibility index (Phi) is 5.72. The number of carbonyl (C=O) groups excluding carboxylic acids is 1. The van der Waals surface area contributed by atoms with Gasteiger partial charge < -0.3 is 4.90 Å². The van der Waals surface area contributed by atoms with Crippen LogP contribution in [0.5, 0.6) is 0 Å². The third-order valence-corrected chi connectivity index (χ3v) is 4.96. The zero-order chi connectivity index (χ0) is 19.3. The van der Waals surface area contributed by atoms with Gasteiger partial charge in [0, 0.05) is 17.5 Å². The summed E-state index contributed by atoms with van der Waals surface area (Å²) < 4.78 is 23.2. The number of benzene rings is 3. The molecule has 4 nitrogen and oxygen atoms in total. The Bertz CT molecular complexity index is 1020. The molecule has 0 aliphatic heterocycles. The van der Waals surface area contributed by atoms with Gasteiger partial charge in [-0.15, -0.1) is 0 Å². The van der Waals surface area contributed by atoms with Crippen molar-refractivity contribution in [2.24, 2.45) is 0 Å². The van der Waals surface area contributed by atoms with E-state index >= 15 is 0 Å². The van der Waals surface area contributed by atoms with Crippen molar-refractivity contribution in [3.8, 4) is 0 Å². The van der Waals surface area contributed by atoms with E-state index in [0.717, 1.165) is 11.3 Å². The first-order valence-electron chi connectivity index (χ1n) is 8.60. The first-order chi connectivity index (χ1) is 12.9. The van der Waals surface area contributed by atoms with Crippen LogP contribution in [0.4, 0.5) is 5.69 Å². The minimum absolute atomic E-state index is 0.0852. The molecule has 0 unspecified atom stereocenters. The van der Waals surface area contributed by atoms with Crippen LogP contribution in [0.3, 0.4) is 0 Å². The highest BCUT2D eigenvalue weighted by molar-refractivity contribution is 7.89. The van der Waals surface area contributed by atoms with Gasteiger partial charge in [-0.3, -0.25) is 4.79 Å². The molecule has 0 bridgehead atoms. The van der Waals surface area contributed by atoms with E-state index in [0.29, 0.717) is 17.7 Å². The van der Waals surface area contributed by atoms with Crippen LogP contribution >= 0.6 is 0 Å². The van der Waals surface area contributed by atoms with E-state index in [-0.39, 0.29) is 11.7 Å². The topological polar surface area (TPSA) is 54.5 Å². The zero-order valence-corrected chi connectivity index (χ0v) is 15.9. The Morgan fingerprint density at radius 1 is 0.815 bits per heavy atom. The summed E-state index contributed by atoms with van der Waals surface area (Å²) in [7, 11) is -3.17. The molecule has 0 saturated carbocycles. The number of sulfone groups is 1. The molecule has 5 heteroatoms. The molecule has 3 aromatic carbocycles.